The molecule has 3 aromatic rings. The van der Waals surface area contributed by atoms with Crippen molar-refractivity contribution >= 4 is 17.3 Å². The van der Waals surface area contributed by atoms with Gasteiger partial charge in [-0.05, 0) is 19.1 Å². The highest BCUT2D eigenvalue weighted by Crippen LogP contribution is 2.35. The molecule has 0 radical (unpaired) electrons. The predicted octanol–water partition coefficient (Wildman–Crippen LogP) is 3.26. The van der Waals surface area contributed by atoms with Crippen molar-refractivity contribution in [2.75, 3.05) is 7.11 Å². The van der Waals surface area contributed by atoms with Gasteiger partial charge in [-0.25, -0.2) is 9.78 Å². The van der Waals surface area contributed by atoms with Crippen LogP contribution in [0.25, 0.3) is 22.4 Å². The Morgan fingerprint density at radius 3 is 2.86 bits per heavy atom. The van der Waals surface area contributed by atoms with Gasteiger partial charge < -0.3 is 19.1 Å². The van der Waals surface area contributed by atoms with Crippen LogP contribution in [-0.4, -0.2) is 28.5 Å². The number of hydrogen-bond donors (Lipinski definition) is 1. The summed E-state index contributed by atoms with van der Waals surface area (Å²) in [5, 5.41) is 13.3. The van der Waals surface area contributed by atoms with Crippen LogP contribution in [0.5, 0.6) is 11.5 Å². The van der Waals surface area contributed by atoms with Crippen molar-refractivity contribution in [2.24, 2.45) is 0 Å². The van der Waals surface area contributed by atoms with Crippen LogP contribution in [-0.2, 0) is 0 Å². The van der Waals surface area contributed by atoms with Crippen molar-refractivity contribution in [1.29, 1.82) is 0 Å². The first-order valence-corrected chi connectivity index (χ1v) is 6.40. The molecule has 0 amide bonds. The average Bonchev–Trinajstić information content (AvgIpc) is 2.90. The Kier molecular flexibility index (Phi) is 3.38. The molecular weight excluding hydrogens is 288 g/mol. The van der Waals surface area contributed by atoms with Gasteiger partial charge in [0.15, 0.2) is 5.75 Å². The van der Waals surface area contributed by atoms with Gasteiger partial charge in [0, 0.05) is 17.3 Å². The first kappa shape index (κ1) is 13.9. The summed E-state index contributed by atoms with van der Waals surface area (Å²) in [5.41, 5.74) is 1.93. The number of fused-ring (bicyclic) bond motifs is 1. The first-order valence-electron chi connectivity index (χ1n) is 6.40. The molecule has 0 saturated carbocycles. The van der Waals surface area contributed by atoms with Crippen molar-refractivity contribution in [2.45, 2.75) is 6.92 Å². The lowest BCUT2D eigenvalue weighted by molar-refractivity contribution is 0.145. The third-order valence-electron chi connectivity index (χ3n) is 3.08. The van der Waals surface area contributed by atoms with Gasteiger partial charge in [0.25, 0.3) is 5.71 Å². The van der Waals surface area contributed by atoms with Gasteiger partial charge in [0.2, 0.25) is 0 Å². The second kappa shape index (κ2) is 5.36. The minimum absolute atomic E-state index is 0.133. The number of methoxy groups -OCH3 is 1. The maximum Gasteiger partial charge on any atom is 0.511 e. The molecule has 112 valence electrons. The number of hydrogen-bond acceptors (Lipinski definition) is 6. The van der Waals surface area contributed by atoms with Crippen LogP contribution >= 0.6 is 0 Å². The standard InChI is InChI=1S/C15H12N2O5/c1-8-6-11(21-15(18)19)12-13(17-22-14(12)16-8)9-4-3-5-10(7-9)20-2/h3-7H,1-2H3,(H,18,19). The van der Waals surface area contributed by atoms with Crippen LogP contribution in [0.4, 0.5) is 4.79 Å². The van der Waals surface area contributed by atoms with E-state index >= 15 is 0 Å². The van der Waals surface area contributed by atoms with Crippen molar-refractivity contribution < 1.29 is 23.9 Å². The van der Waals surface area contributed by atoms with Gasteiger partial charge in [-0.3, -0.25) is 0 Å². The molecule has 1 aromatic carbocycles. The molecular formula is C15H12N2O5. The molecule has 22 heavy (non-hydrogen) atoms. The second-order valence-electron chi connectivity index (χ2n) is 4.57. The maximum atomic E-state index is 10.9. The highest BCUT2D eigenvalue weighted by Gasteiger charge is 2.19. The molecule has 2 aromatic heterocycles. The number of benzene rings is 1. The summed E-state index contributed by atoms with van der Waals surface area (Å²) in [7, 11) is 1.56. The van der Waals surface area contributed by atoms with Gasteiger partial charge in [-0.1, -0.05) is 17.3 Å². The van der Waals surface area contributed by atoms with Crippen LogP contribution in [0.15, 0.2) is 34.9 Å². The molecule has 0 saturated heterocycles. The van der Waals surface area contributed by atoms with Crippen LogP contribution < -0.4 is 9.47 Å². The van der Waals surface area contributed by atoms with Crippen molar-refractivity contribution in [3.05, 3.63) is 36.0 Å². The van der Waals surface area contributed by atoms with Crippen LogP contribution in [0.1, 0.15) is 5.69 Å². The molecule has 0 unspecified atom stereocenters. The lowest BCUT2D eigenvalue weighted by Gasteiger charge is -2.05. The molecule has 0 bridgehead atoms. The predicted molar refractivity (Wildman–Crippen MR) is 77.2 cm³/mol. The number of aryl methyl sites for hydroxylation is 1. The Labute approximate surface area is 125 Å². The number of aromatic nitrogens is 2. The topological polar surface area (TPSA) is 94.7 Å². The summed E-state index contributed by atoms with van der Waals surface area (Å²) in [6.07, 6.45) is -1.41. The van der Waals surface area contributed by atoms with Gasteiger partial charge in [0.1, 0.15) is 16.8 Å². The van der Waals surface area contributed by atoms with Crippen molar-refractivity contribution in [1.82, 2.24) is 10.1 Å². The van der Waals surface area contributed by atoms with E-state index in [1.807, 2.05) is 6.07 Å². The summed E-state index contributed by atoms with van der Waals surface area (Å²) in [6.45, 7) is 1.71. The fourth-order valence-electron chi connectivity index (χ4n) is 2.18. The average molecular weight is 300 g/mol. The smallest absolute Gasteiger partial charge is 0.497 e. The maximum absolute atomic E-state index is 10.9. The van der Waals surface area contributed by atoms with E-state index in [0.717, 1.165) is 0 Å². The minimum atomic E-state index is -1.41. The fourth-order valence-corrected chi connectivity index (χ4v) is 2.18. The second-order valence-corrected chi connectivity index (χ2v) is 4.57. The van der Waals surface area contributed by atoms with Crippen LogP contribution in [0.2, 0.25) is 0 Å². The zero-order chi connectivity index (χ0) is 15.7. The van der Waals surface area contributed by atoms with E-state index in [1.165, 1.54) is 6.07 Å². The third-order valence-corrected chi connectivity index (χ3v) is 3.08. The third kappa shape index (κ3) is 2.44. The molecule has 0 fully saturated rings. The normalized spacial score (nSPS) is 10.6. The molecule has 0 aliphatic carbocycles. The van der Waals surface area contributed by atoms with Gasteiger partial charge in [-0.15, -0.1) is 0 Å². The summed E-state index contributed by atoms with van der Waals surface area (Å²) in [6, 6.07) is 8.69. The van der Waals surface area contributed by atoms with Crippen molar-refractivity contribution in [3.63, 3.8) is 0 Å². The van der Waals surface area contributed by atoms with Crippen molar-refractivity contribution in [3.8, 4) is 22.8 Å². The summed E-state index contributed by atoms with van der Waals surface area (Å²) in [5.74, 6) is 0.781. The lowest BCUT2D eigenvalue weighted by Crippen LogP contribution is -2.04. The Bertz CT molecular complexity index is 856. The summed E-state index contributed by atoms with van der Waals surface area (Å²) >= 11 is 0. The quantitative estimate of drug-likeness (QED) is 0.742. The minimum Gasteiger partial charge on any atom is -0.497 e. The van der Waals surface area contributed by atoms with Crippen LogP contribution in [0.3, 0.4) is 0 Å². The van der Waals surface area contributed by atoms with E-state index in [-0.39, 0.29) is 11.5 Å². The fraction of sp³-hybridized carbons (Fsp3) is 0.133. The highest BCUT2D eigenvalue weighted by molar-refractivity contribution is 5.95. The van der Waals surface area contributed by atoms with Gasteiger partial charge >= 0.3 is 6.16 Å². The molecule has 1 N–H and O–H groups in total. The largest absolute Gasteiger partial charge is 0.511 e. The summed E-state index contributed by atoms with van der Waals surface area (Å²) < 4.78 is 15.2. The monoisotopic (exact) mass is 300 g/mol. The molecule has 3 rings (SSSR count). The summed E-state index contributed by atoms with van der Waals surface area (Å²) in [4.78, 5) is 15.1. The molecule has 0 spiro atoms. The molecule has 7 heteroatoms. The SMILES string of the molecule is COc1cccc(-c2noc3nc(C)cc(OC(=O)O)c23)c1. The Morgan fingerprint density at radius 1 is 1.32 bits per heavy atom. The van der Waals surface area contributed by atoms with Gasteiger partial charge in [0.05, 0.1) is 7.11 Å². The molecule has 0 atom stereocenters. The Balaban J connectivity index is 2.23. The van der Waals surface area contributed by atoms with Crippen LogP contribution in [0, 0.1) is 6.92 Å². The number of ether oxygens (including phenoxy) is 2. The lowest BCUT2D eigenvalue weighted by atomic mass is 10.1. The number of carboxylic acid groups (broad SMARTS) is 1. The van der Waals surface area contributed by atoms with E-state index in [0.29, 0.717) is 28.1 Å². The van der Waals surface area contributed by atoms with E-state index in [1.54, 1.807) is 32.2 Å². The molecule has 0 aliphatic rings. The Morgan fingerprint density at radius 2 is 2.14 bits per heavy atom. The van der Waals surface area contributed by atoms with E-state index < -0.39 is 6.16 Å². The van der Waals surface area contributed by atoms with E-state index in [4.69, 9.17) is 19.1 Å². The number of nitrogens with zero attached hydrogens (tertiary/aromatic N) is 2. The zero-order valence-corrected chi connectivity index (χ0v) is 11.9. The molecule has 7 nitrogen and oxygen atoms in total. The van der Waals surface area contributed by atoms with Gasteiger partial charge in [-0.2, -0.15) is 0 Å². The number of carbonyl (C=O) groups is 1. The van der Waals surface area contributed by atoms with E-state index in [9.17, 15) is 4.79 Å². The number of pyridine rings is 1. The molecule has 0 aliphatic heterocycles. The zero-order valence-electron chi connectivity index (χ0n) is 11.9. The number of rotatable bonds is 3. The van der Waals surface area contributed by atoms with E-state index in [2.05, 4.69) is 10.1 Å². The highest BCUT2D eigenvalue weighted by atomic mass is 16.7. The molecule has 2 heterocycles. The Hall–Kier alpha value is -3.09. The first-order chi connectivity index (χ1) is 10.6.